The Balaban J connectivity index is 2.77. The Morgan fingerprint density at radius 1 is 1.36 bits per heavy atom. The highest BCUT2D eigenvalue weighted by atomic mass is 79.9. The minimum Gasteiger partial charge on any atom is -0.244 e. The second-order valence-electron chi connectivity index (χ2n) is 3.35. The zero-order valence-electron chi connectivity index (χ0n) is 7.83. The fourth-order valence-corrected chi connectivity index (χ4v) is 2.12. The first kappa shape index (κ1) is 10.1. The molecule has 0 radical (unpaired) electrons. The second-order valence-corrected chi connectivity index (χ2v) is 5.02. The van der Waals surface area contributed by atoms with Crippen molar-refractivity contribution in [1.29, 1.82) is 0 Å². The molecular weight excluding hydrogens is 310 g/mol. The minimum absolute atomic E-state index is 0.317. The molecule has 0 saturated carbocycles. The van der Waals surface area contributed by atoms with E-state index in [2.05, 4.69) is 55.8 Å². The van der Waals surface area contributed by atoms with Gasteiger partial charge in [0, 0.05) is 16.7 Å². The smallest absolute Gasteiger partial charge is 0.159 e. The summed E-state index contributed by atoms with van der Waals surface area (Å²) < 4.78 is 3.72. The summed E-state index contributed by atoms with van der Waals surface area (Å²) >= 11 is 6.82. The van der Waals surface area contributed by atoms with Gasteiger partial charge in [0.05, 0.1) is 5.39 Å². The van der Waals surface area contributed by atoms with Crippen LogP contribution >= 0.6 is 31.9 Å². The Hall–Kier alpha value is -0.420. The Labute approximate surface area is 98.8 Å². The molecule has 0 aliphatic rings. The molecule has 0 aromatic carbocycles. The maximum Gasteiger partial charge on any atom is 0.159 e. The van der Waals surface area contributed by atoms with Crippen LogP contribution in [0.5, 0.6) is 0 Å². The van der Waals surface area contributed by atoms with Crippen LogP contribution in [-0.2, 0) is 0 Å². The fourth-order valence-electron chi connectivity index (χ4n) is 1.32. The highest BCUT2D eigenvalue weighted by Gasteiger charge is 2.11. The molecule has 0 N–H and O–H groups in total. The molecule has 2 aromatic rings. The Morgan fingerprint density at radius 2 is 2.07 bits per heavy atom. The molecular formula is C9H9Br2N3. The van der Waals surface area contributed by atoms with Gasteiger partial charge in [-0.2, -0.15) is 5.10 Å². The Kier molecular flexibility index (Phi) is 2.62. The van der Waals surface area contributed by atoms with Crippen molar-refractivity contribution in [2.24, 2.45) is 0 Å². The Bertz CT molecular complexity index is 476. The van der Waals surface area contributed by atoms with E-state index in [4.69, 9.17) is 0 Å². The number of hydrogen-bond acceptors (Lipinski definition) is 2. The number of pyridine rings is 1. The summed E-state index contributed by atoms with van der Waals surface area (Å²) in [5, 5.41) is 5.42. The van der Waals surface area contributed by atoms with Crippen LogP contribution in [0.15, 0.2) is 21.3 Å². The minimum atomic E-state index is 0.317. The van der Waals surface area contributed by atoms with Crippen LogP contribution in [0.4, 0.5) is 0 Å². The third-order valence-electron chi connectivity index (χ3n) is 1.96. The number of aromatic nitrogens is 3. The van der Waals surface area contributed by atoms with Crippen molar-refractivity contribution in [2.75, 3.05) is 0 Å². The molecule has 0 spiro atoms. The fraction of sp³-hybridized carbons (Fsp3) is 0.333. The van der Waals surface area contributed by atoms with E-state index in [9.17, 15) is 0 Å². The molecule has 5 heteroatoms. The van der Waals surface area contributed by atoms with Crippen molar-refractivity contribution in [3.05, 3.63) is 21.3 Å². The van der Waals surface area contributed by atoms with Crippen molar-refractivity contribution < 1.29 is 0 Å². The molecule has 0 aliphatic carbocycles. The van der Waals surface area contributed by atoms with Crippen LogP contribution < -0.4 is 0 Å². The first-order valence-electron chi connectivity index (χ1n) is 4.29. The van der Waals surface area contributed by atoms with E-state index in [0.717, 1.165) is 20.1 Å². The van der Waals surface area contributed by atoms with Crippen LogP contribution in [-0.4, -0.2) is 14.8 Å². The van der Waals surface area contributed by atoms with Crippen LogP contribution in [0.3, 0.4) is 0 Å². The lowest BCUT2D eigenvalue weighted by molar-refractivity contribution is 0.543. The standard InChI is InChI=1S/C9H9Br2N3/c1-5(2)14-9-7(8(11)13-14)3-6(10)4-12-9/h3-5H,1-2H3. The normalized spacial score (nSPS) is 11.5. The van der Waals surface area contributed by atoms with E-state index >= 15 is 0 Å². The van der Waals surface area contributed by atoms with Gasteiger partial charge in [0.2, 0.25) is 0 Å². The third-order valence-corrected chi connectivity index (χ3v) is 2.98. The summed E-state index contributed by atoms with van der Waals surface area (Å²) in [6.45, 7) is 4.17. The molecule has 0 saturated heterocycles. The van der Waals surface area contributed by atoms with Gasteiger partial charge in [-0.25, -0.2) is 9.67 Å². The average Bonchev–Trinajstić information content (AvgIpc) is 2.44. The Morgan fingerprint density at radius 3 is 2.71 bits per heavy atom. The lowest BCUT2D eigenvalue weighted by atomic mass is 10.3. The summed E-state index contributed by atoms with van der Waals surface area (Å²) in [6, 6.07) is 2.33. The van der Waals surface area contributed by atoms with Crippen molar-refractivity contribution in [1.82, 2.24) is 14.8 Å². The van der Waals surface area contributed by atoms with Crippen LogP contribution in [0.1, 0.15) is 19.9 Å². The van der Waals surface area contributed by atoms with E-state index in [1.807, 2.05) is 10.7 Å². The number of nitrogens with zero attached hydrogens (tertiary/aromatic N) is 3. The molecule has 74 valence electrons. The van der Waals surface area contributed by atoms with E-state index in [1.54, 1.807) is 6.20 Å². The number of hydrogen-bond donors (Lipinski definition) is 0. The molecule has 0 amide bonds. The SMILES string of the molecule is CC(C)n1nc(Br)c2cc(Br)cnc21. The van der Waals surface area contributed by atoms with Gasteiger partial charge >= 0.3 is 0 Å². The van der Waals surface area contributed by atoms with E-state index in [0.29, 0.717) is 6.04 Å². The maximum absolute atomic E-state index is 4.38. The number of halogens is 2. The van der Waals surface area contributed by atoms with Crippen LogP contribution in [0.25, 0.3) is 11.0 Å². The molecule has 14 heavy (non-hydrogen) atoms. The van der Waals surface area contributed by atoms with Gasteiger partial charge in [0.25, 0.3) is 0 Å². The highest BCUT2D eigenvalue weighted by Crippen LogP contribution is 2.26. The number of fused-ring (bicyclic) bond motifs is 1. The van der Waals surface area contributed by atoms with E-state index in [1.165, 1.54) is 0 Å². The molecule has 2 rings (SSSR count). The van der Waals surface area contributed by atoms with E-state index < -0.39 is 0 Å². The van der Waals surface area contributed by atoms with Gasteiger partial charge in [-0.15, -0.1) is 0 Å². The summed E-state index contributed by atoms with van der Waals surface area (Å²) in [5.41, 5.74) is 0.912. The largest absolute Gasteiger partial charge is 0.244 e. The zero-order chi connectivity index (χ0) is 10.3. The van der Waals surface area contributed by atoms with Crippen LogP contribution in [0, 0.1) is 0 Å². The summed E-state index contributed by atoms with van der Waals surface area (Å²) in [4.78, 5) is 4.35. The maximum atomic E-state index is 4.38. The molecule has 0 unspecified atom stereocenters. The third kappa shape index (κ3) is 1.59. The van der Waals surface area contributed by atoms with Crippen molar-refractivity contribution in [2.45, 2.75) is 19.9 Å². The molecule has 2 heterocycles. The predicted octanol–water partition coefficient (Wildman–Crippen LogP) is 3.54. The number of rotatable bonds is 1. The molecule has 0 bridgehead atoms. The van der Waals surface area contributed by atoms with Gasteiger partial charge < -0.3 is 0 Å². The zero-order valence-corrected chi connectivity index (χ0v) is 11.0. The van der Waals surface area contributed by atoms with Gasteiger partial charge in [0.15, 0.2) is 5.65 Å². The van der Waals surface area contributed by atoms with Crippen molar-refractivity contribution in [3.63, 3.8) is 0 Å². The highest BCUT2D eigenvalue weighted by molar-refractivity contribution is 9.11. The molecule has 0 atom stereocenters. The van der Waals surface area contributed by atoms with Gasteiger partial charge in [0.1, 0.15) is 4.60 Å². The molecule has 3 nitrogen and oxygen atoms in total. The topological polar surface area (TPSA) is 30.7 Å². The lowest BCUT2D eigenvalue weighted by Crippen LogP contribution is -2.03. The summed E-state index contributed by atoms with van der Waals surface area (Å²) in [7, 11) is 0. The average molecular weight is 319 g/mol. The molecule has 2 aromatic heterocycles. The second kappa shape index (κ2) is 3.62. The van der Waals surface area contributed by atoms with Crippen molar-refractivity contribution in [3.8, 4) is 0 Å². The van der Waals surface area contributed by atoms with E-state index in [-0.39, 0.29) is 0 Å². The van der Waals surface area contributed by atoms with Crippen LogP contribution in [0.2, 0.25) is 0 Å². The monoisotopic (exact) mass is 317 g/mol. The molecule has 0 aliphatic heterocycles. The first-order valence-corrected chi connectivity index (χ1v) is 5.87. The summed E-state index contributed by atoms with van der Waals surface area (Å²) in [6.07, 6.45) is 1.79. The quantitative estimate of drug-likeness (QED) is 0.805. The predicted molar refractivity (Wildman–Crippen MR) is 63.3 cm³/mol. The van der Waals surface area contributed by atoms with Gasteiger partial charge in [-0.05, 0) is 51.8 Å². The lowest BCUT2D eigenvalue weighted by Gasteiger charge is -2.05. The summed E-state index contributed by atoms with van der Waals surface area (Å²) in [5.74, 6) is 0. The molecule has 0 fully saturated rings. The van der Waals surface area contributed by atoms with Gasteiger partial charge in [-0.3, -0.25) is 0 Å². The first-order chi connectivity index (χ1) is 6.59. The van der Waals surface area contributed by atoms with Crippen molar-refractivity contribution >= 4 is 42.9 Å². The van der Waals surface area contributed by atoms with Gasteiger partial charge in [-0.1, -0.05) is 0 Å².